The SMILES string of the molecule is Cc1ccc(C(=O)NC(=S)Nc2cc(C(=O)O)ccc2C)cc1. The Hall–Kier alpha value is -2.73. The van der Waals surface area contributed by atoms with Gasteiger partial charge >= 0.3 is 5.97 Å². The number of aromatic carboxylic acids is 1. The van der Waals surface area contributed by atoms with Crippen molar-refractivity contribution in [1.82, 2.24) is 5.32 Å². The molecule has 0 aliphatic heterocycles. The first-order chi connectivity index (χ1) is 10.9. The summed E-state index contributed by atoms with van der Waals surface area (Å²) in [6.07, 6.45) is 0. The molecule has 5 nitrogen and oxygen atoms in total. The lowest BCUT2D eigenvalue weighted by atomic mass is 10.1. The molecule has 0 radical (unpaired) electrons. The molecule has 0 fully saturated rings. The van der Waals surface area contributed by atoms with E-state index >= 15 is 0 Å². The van der Waals surface area contributed by atoms with Crippen LogP contribution in [0.4, 0.5) is 5.69 Å². The zero-order valence-electron chi connectivity index (χ0n) is 12.7. The normalized spacial score (nSPS) is 10.0. The van der Waals surface area contributed by atoms with Crippen molar-refractivity contribution in [2.24, 2.45) is 0 Å². The molecule has 0 aromatic heterocycles. The second kappa shape index (κ2) is 7.02. The van der Waals surface area contributed by atoms with Gasteiger partial charge in [0.15, 0.2) is 5.11 Å². The molecular weight excluding hydrogens is 312 g/mol. The van der Waals surface area contributed by atoms with Gasteiger partial charge in [-0.2, -0.15) is 0 Å². The monoisotopic (exact) mass is 328 g/mol. The third-order valence-corrected chi connectivity index (χ3v) is 3.48. The first-order valence-corrected chi connectivity index (χ1v) is 7.30. The Bertz CT molecular complexity index is 770. The van der Waals surface area contributed by atoms with Crippen molar-refractivity contribution in [3.63, 3.8) is 0 Å². The average Bonchev–Trinajstić information content (AvgIpc) is 2.49. The van der Waals surface area contributed by atoms with Crippen LogP contribution in [0.15, 0.2) is 42.5 Å². The molecule has 2 rings (SSSR count). The molecule has 0 unspecified atom stereocenters. The first kappa shape index (κ1) is 16.6. The van der Waals surface area contributed by atoms with Gasteiger partial charge in [-0.15, -0.1) is 0 Å². The summed E-state index contributed by atoms with van der Waals surface area (Å²) in [6, 6.07) is 11.8. The van der Waals surface area contributed by atoms with E-state index in [2.05, 4.69) is 10.6 Å². The molecule has 0 atom stereocenters. The van der Waals surface area contributed by atoms with E-state index in [0.717, 1.165) is 11.1 Å². The standard InChI is InChI=1S/C17H16N2O3S/c1-10-3-6-12(7-4-10)15(20)19-17(23)18-14-9-13(16(21)22)8-5-11(14)2/h3-9H,1-2H3,(H,21,22)(H2,18,19,20,23). The number of hydrogen-bond acceptors (Lipinski definition) is 3. The lowest BCUT2D eigenvalue weighted by Gasteiger charge is -2.12. The van der Waals surface area contributed by atoms with E-state index in [1.54, 1.807) is 18.2 Å². The Morgan fingerprint density at radius 2 is 1.61 bits per heavy atom. The number of carbonyl (C=O) groups excluding carboxylic acids is 1. The summed E-state index contributed by atoms with van der Waals surface area (Å²) >= 11 is 5.12. The van der Waals surface area contributed by atoms with Crippen molar-refractivity contribution in [3.8, 4) is 0 Å². The zero-order valence-corrected chi connectivity index (χ0v) is 13.5. The number of hydrogen-bond donors (Lipinski definition) is 3. The van der Waals surface area contributed by atoms with Gasteiger partial charge in [-0.3, -0.25) is 10.1 Å². The molecule has 0 saturated carbocycles. The number of carboxylic acids is 1. The highest BCUT2D eigenvalue weighted by molar-refractivity contribution is 7.80. The fourth-order valence-electron chi connectivity index (χ4n) is 1.92. The number of nitrogens with one attached hydrogen (secondary N) is 2. The third-order valence-electron chi connectivity index (χ3n) is 3.27. The van der Waals surface area contributed by atoms with Crippen molar-refractivity contribution in [2.75, 3.05) is 5.32 Å². The van der Waals surface area contributed by atoms with E-state index < -0.39 is 5.97 Å². The maximum Gasteiger partial charge on any atom is 0.335 e. The van der Waals surface area contributed by atoms with Crippen LogP contribution in [-0.2, 0) is 0 Å². The molecule has 0 aliphatic carbocycles. The minimum atomic E-state index is -1.03. The summed E-state index contributed by atoms with van der Waals surface area (Å²) in [5.74, 6) is -1.35. The number of thiocarbonyl (C=S) groups is 1. The van der Waals surface area contributed by atoms with Gasteiger partial charge in [-0.05, 0) is 55.9 Å². The quantitative estimate of drug-likeness (QED) is 0.755. The van der Waals surface area contributed by atoms with E-state index in [1.165, 1.54) is 12.1 Å². The molecule has 0 saturated heterocycles. The fraction of sp³-hybridized carbons (Fsp3) is 0.118. The van der Waals surface area contributed by atoms with Gasteiger partial charge in [0.2, 0.25) is 0 Å². The number of carbonyl (C=O) groups is 2. The molecule has 1 amide bonds. The lowest BCUT2D eigenvalue weighted by molar-refractivity contribution is 0.0696. The Kier molecular flexibility index (Phi) is 5.08. The van der Waals surface area contributed by atoms with Crippen LogP contribution in [0, 0.1) is 13.8 Å². The topological polar surface area (TPSA) is 78.4 Å². The van der Waals surface area contributed by atoms with E-state index in [-0.39, 0.29) is 16.6 Å². The van der Waals surface area contributed by atoms with Crippen LogP contribution < -0.4 is 10.6 Å². The van der Waals surface area contributed by atoms with Crippen molar-refractivity contribution in [2.45, 2.75) is 13.8 Å². The van der Waals surface area contributed by atoms with Gasteiger partial charge in [-0.1, -0.05) is 23.8 Å². The molecular formula is C17H16N2O3S. The number of anilines is 1. The summed E-state index contributed by atoms with van der Waals surface area (Å²) in [5.41, 5.74) is 3.06. The number of aryl methyl sites for hydroxylation is 2. The zero-order chi connectivity index (χ0) is 17.0. The van der Waals surface area contributed by atoms with Crippen molar-refractivity contribution >= 4 is 34.9 Å². The van der Waals surface area contributed by atoms with Crippen LogP contribution in [-0.4, -0.2) is 22.1 Å². The van der Waals surface area contributed by atoms with E-state index in [0.29, 0.717) is 11.3 Å². The van der Waals surface area contributed by atoms with Gasteiger partial charge in [-0.25, -0.2) is 4.79 Å². The molecule has 23 heavy (non-hydrogen) atoms. The van der Waals surface area contributed by atoms with Gasteiger partial charge in [0, 0.05) is 11.3 Å². The molecule has 0 aliphatic rings. The Labute approximate surface area is 139 Å². The molecule has 2 aromatic carbocycles. The predicted octanol–water partition coefficient (Wildman–Crippen LogP) is 3.13. The van der Waals surface area contributed by atoms with Crippen molar-refractivity contribution < 1.29 is 14.7 Å². The summed E-state index contributed by atoms with van der Waals surface area (Å²) in [7, 11) is 0. The lowest BCUT2D eigenvalue weighted by Crippen LogP contribution is -2.34. The average molecular weight is 328 g/mol. The van der Waals surface area contributed by atoms with Crippen LogP contribution in [0.5, 0.6) is 0 Å². The van der Waals surface area contributed by atoms with E-state index in [9.17, 15) is 9.59 Å². The molecule has 6 heteroatoms. The fourth-order valence-corrected chi connectivity index (χ4v) is 2.13. The van der Waals surface area contributed by atoms with Crippen LogP contribution >= 0.6 is 12.2 Å². The number of benzene rings is 2. The number of carboxylic acid groups (broad SMARTS) is 1. The molecule has 2 aromatic rings. The molecule has 0 bridgehead atoms. The second-order valence-electron chi connectivity index (χ2n) is 5.11. The van der Waals surface area contributed by atoms with Crippen molar-refractivity contribution in [1.29, 1.82) is 0 Å². The summed E-state index contributed by atoms with van der Waals surface area (Å²) in [6.45, 7) is 3.75. The van der Waals surface area contributed by atoms with E-state index in [1.807, 2.05) is 26.0 Å². The van der Waals surface area contributed by atoms with Crippen LogP contribution in [0.1, 0.15) is 31.8 Å². The predicted molar refractivity (Wildman–Crippen MR) is 93.0 cm³/mol. The Morgan fingerprint density at radius 3 is 2.22 bits per heavy atom. The minimum Gasteiger partial charge on any atom is -0.478 e. The largest absolute Gasteiger partial charge is 0.478 e. The van der Waals surface area contributed by atoms with Crippen molar-refractivity contribution in [3.05, 3.63) is 64.7 Å². The highest BCUT2D eigenvalue weighted by Crippen LogP contribution is 2.17. The minimum absolute atomic E-state index is 0.112. The summed E-state index contributed by atoms with van der Waals surface area (Å²) < 4.78 is 0. The Balaban J connectivity index is 2.07. The summed E-state index contributed by atoms with van der Waals surface area (Å²) in [5, 5.41) is 14.6. The van der Waals surface area contributed by atoms with Gasteiger partial charge in [0.25, 0.3) is 5.91 Å². The van der Waals surface area contributed by atoms with Crippen LogP contribution in [0.25, 0.3) is 0 Å². The Morgan fingerprint density at radius 1 is 1.00 bits per heavy atom. The van der Waals surface area contributed by atoms with Crippen LogP contribution in [0.3, 0.4) is 0 Å². The first-order valence-electron chi connectivity index (χ1n) is 6.90. The van der Waals surface area contributed by atoms with Gasteiger partial charge in [0.05, 0.1) is 5.56 Å². The van der Waals surface area contributed by atoms with Crippen LogP contribution in [0.2, 0.25) is 0 Å². The maximum absolute atomic E-state index is 12.1. The number of amides is 1. The highest BCUT2D eigenvalue weighted by Gasteiger charge is 2.10. The highest BCUT2D eigenvalue weighted by atomic mass is 32.1. The maximum atomic E-state index is 12.1. The summed E-state index contributed by atoms with van der Waals surface area (Å²) in [4.78, 5) is 23.1. The second-order valence-corrected chi connectivity index (χ2v) is 5.52. The smallest absolute Gasteiger partial charge is 0.335 e. The molecule has 0 spiro atoms. The van der Waals surface area contributed by atoms with Gasteiger partial charge in [0.1, 0.15) is 0 Å². The molecule has 0 heterocycles. The third kappa shape index (κ3) is 4.37. The molecule has 3 N–H and O–H groups in total. The van der Waals surface area contributed by atoms with Gasteiger partial charge < -0.3 is 10.4 Å². The molecule has 118 valence electrons. The number of rotatable bonds is 3. The van der Waals surface area contributed by atoms with E-state index in [4.69, 9.17) is 17.3 Å².